The molecule has 17 heavy (non-hydrogen) atoms. The van der Waals surface area contributed by atoms with E-state index >= 15 is 0 Å². The van der Waals surface area contributed by atoms with E-state index in [2.05, 4.69) is 0 Å². The van der Waals surface area contributed by atoms with E-state index in [1.54, 1.807) is 0 Å². The second kappa shape index (κ2) is 6.36. The lowest BCUT2D eigenvalue weighted by molar-refractivity contribution is -0.140. The predicted molar refractivity (Wildman–Crippen MR) is 68.6 cm³/mol. The first kappa shape index (κ1) is 14.5. The molecule has 1 amide bonds. The molecule has 0 radical (unpaired) electrons. The molecule has 100 valence electrons. The maximum absolute atomic E-state index is 12.3. The van der Waals surface area contributed by atoms with Crippen molar-refractivity contribution < 1.29 is 9.53 Å². The average molecular weight is 242 g/mol. The fraction of sp³-hybridized carbons (Fsp3) is 0.923. The van der Waals surface area contributed by atoms with Crippen LogP contribution < -0.4 is 5.73 Å². The lowest BCUT2D eigenvalue weighted by Crippen LogP contribution is -2.46. The summed E-state index contributed by atoms with van der Waals surface area (Å²) in [5, 5.41) is 0. The number of hydrogen-bond acceptors (Lipinski definition) is 3. The fourth-order valence-electron chi connectivity index (χ4n) is 2.24. The van der Waals surface area contributed by atoms with Gasteiger partial charge in [0.2, 0.25) is 5.91 Å². The van der Waals surface area contributed by atoms with Gasteiger partial charge in [-0.05, 0) is 32.1 Å². The molecular weight excluding hydrogens is 216 g/mol. The Labute approximate surface area is 104 Å². The van der Waals surface area contributed by atoms with Crippen molar-refractivity contribution in [2.24, 2.45) is 17.1 Å². The van der Waals surface area contributed by atoms with Crippen LogP contribution in [0, 0.1) is 11.3 Å². The Morgan fingerprint density at radius 3 is 2.53 bits per heavy atom. The lowest BCUT2D eigenvalue weighted by Gasteiger charge is -2.33. The zero-order valence-electron chi connectivity index (χ0n) is 11.4. The Morgan fingerprint density at radius 2 is 2.06 bits per heavy atom. The Balaban J connectivity index is 2.50. The summed E-state index contributed by atoms with van der Waals surface area (Å²) in [5.74, 6) is 0.755. The first-order valence-corrected chi connectivity index (χ1v) is 6.57. The average Bonchev–Trinajstić information content (AvgIpc) is 2.38. The van der Waals surface area contributed by atoms with Crippen LogP contribution in [0.1, 0.15) is 33.1 Å². The number of rotatable bonds is 5. The van der Waals surface area contributed by atoms with Crippen molar-refractivity contribution >= 4 is 5.91 Å². The van der Waals surface area contributed by atoms with Crippen molar-refractivity contribution in [3.8, 4) is 0 Å². The van der Waals surface area contributed by atoms with Crippen LogP contribution in [0.25, 0.3) is 0 Å². The van der Waals surface area contributed by atoms with Crippen molar-refractivity contribution in [1.82, 2.24) is 4.90 Å². The topological polar surface area (TPSA) is 55.6 Å². The quantitative estimate of drug-likeness (QED) is 0.789. The number of nitrogens with zero attached hydrogens (tertiary/aromatic N) is 1. The highest BCUT2D eigenvalue weighted by Gasteiger charge is 2.33. The first-order chi connectivity index (χ1) is 8.03. The summed E-state index contributed by atoms with van der Waals surface area (Å²) in [5.41, 5.74) is 5.32. The number of ether oxygens (including phenoxy) is 1. The van der Waals surface area contributed by atoms with Gasteiger partial charge in [-0.2, -0.15) is 0 Å². The zero-order valence-corrected chi connectivity index (χ0v) is 11.4. The van der Waals surface area contributed by atoms with Gasteiger partial charge in [-0.3, -0.25) is 4.79 Å². The molecule has 0 bridgehead atoms. The van der Waals surface area contributed by atoms with E-state index in [1.807, 2.05) is 25.8 Å². The Kier molecular flexibility index (Phi) is 5.40. The van der Waals surface area contributed by atoms with Gasteiger partial charge in [0.1, 0.15) is 0 Å². The SMILES string of the molecule is CCC(C)(CN)C(=O)N(C)CC1CCOCC1. The number of carbonyl (C=O) groups excluding carboxylic acids is 1. The van der Waals surface area contributed by atoms with E-state index in [9.17, 15) is 4.79 Å². The molecule has 0 saturated carbocycles. The van der Waals surface area contributed by atoms with Crippen LogP contribution in [0.4, 0.5) is 0 Å². The molecule has 1 unspecified atom stereocenters. The Hall–Kier alpha value is -0.610. The molecule has 1 fully saturated rings. The van der Waals surface area contributed by atoms with Gasteiger partial charge in [-0.1, -0.05) is 6.92 Å². The number of amides is 1. The molecule has 0 aromatic heterocycles. The molecule has 0 aromatic rings. The summed E-state index contributed by atoms with van der Waals surface area (Å²) in [7, 11) is 1.89. The molecule has 1 aliphatic heterocycles. The second-order valence-corrected chi connectivity index (χ2v) is 5.36. The van der Waals surface area contributed by atoms with E-state index in [4.69, 9.17) is 10.5 Å². The van der Waals surface area contributed by atoms with Crippen LogP contribution in [0.2, 0.25) is 0 Å². The molecule has 0 aromatic carbocycles. The zero-order chi connectivity index (χ0) is 12.9. The van der Waals surface area contributed by atoms with Gasteiger partial charge in [0.25, 0.3) is 0 Å². The molecule has 1 saturated heterocycles. The van der Waals surface area contributed by atoms with Crippen molar-refractivity contribution in [3.05, 3.63) is 0 Å². The van der Waals surface area contributed by atoms with Crippen molar-refractivity contribution in [3.63, 3.8) is 0 Å². The molecular formula is C13H26N2O2. The van der Waals surface area contributed by atoms with Gasteiger partial charge in [0.05, 0.1) is 5.41 Å². The molecule has 1 aliphatic rings. The number of hydrogen-bond donors (Lipinski definition) is 1. The summed E-state index contributed by atoms with van der Waals surface area (Å²) >= 11 is 0. The van der Waals surface area contributed by atoms with E-state index < -0.39 is 5.41 Å². The molecule has 4 heteroatoms. The fourth-order valence-corrected chi connectivity index (χ4v) is 2.24. The van der Waals surface area contributed by atoms with Crippen LogP contribution in [0.15, 0.2) is 0 Å². The lowest BCUT2D eigenvalue weighted by atomic mass is 9.85. The Morgan fingerprint density at radius 1 is 1.47 bits per heavy atom. The standard InChI is InChI=1S/C13H26N2O2/c1-4-13(2,10-14)12(16)15(3)9-11-5-7-17-8-6-11/h11H,4-10,14H2,1-3H3. The normalized spacial score (nSPS) is 20.9. The summed E-state index contributed by atoms with van der Waals surface area (Å²) in [4.78, 5) is 14.2. The minimum absolute atomic E-state index is 0.175. The van der Waals surface area contributed by atoms with Crippen LogP contribution in [0.3, 0.4) is 0 Å². The molecule has 1 atom stereocenters. The van der Waals surface area contributed by atoms with Gasteiger partial charge in [-0.25, -0.2) is 0 Å². The maximum atomic E-state index is 12.3. The van der Waals surface area contributed by atoms with Crippen LogP contribution in [0.5, 0.6) is 0 Å². The van der Waals surface area contributed by atoms with Gasteiger partial charge < -0.3 is 15.4 Å². The third-order valence-corrected chi connectivity index (χ3v) is 3.97. The van der Waals surface area contributed by atoms with Gasteiger partial charge >= 0.3 is 0 Å². The predicted octanol–water partition coefficient (Wildman–Crippen LogP) is 1.25. The Bertz CT molecular complexity index is 246. The van der Waals surface area contributed by atoms with Gasteiger partial charge in [0, 0.05) is 33.4 Å². The molecule has 0 spiro atoms. The highest BCUT2D eigenvalue weighted by molar-refractivity contribution is 5.82. The third-order valence-electron chi connectivity index (χ3n) is 3.97. The van der Waals surface area contributed by atoms with Crippen LogP contribution >= 0.6 is 0 Å². The maximum Gasteiger partial charge on any atom is 0.229 e. The molecule has 1 heterocycles. The second-order valence-electron chi connectivity index (χ2n) is 5.36. The highest BCUT2D eigenvalue weighted by Crippen LogP contribution is 2.24. The van der Waals surface area contributed by atoms with Crippen LogP contribution in [-0.2, 0) is 9.53 Å². The first-order valence-electron chi connectivity index (χ1n) is 6.57. The molecule has 2 N–H and O–H groups in total. The number of nitrogens with two attached hydrogens (primary N) is 1. The summed E-state index contributed by atoms with van der Waals surface area (Å²) in [6, 6.07) is 0. The summed E-state index contributed by atoms with van der Waals surface area (Å²) in [6.45, 7) is 6.88. The number of carbonyl (C=O) groups is 1. The van der Waals surface area contributed by atoms with Gasteiger partial charge in [-0.15, -0.1) is 0 Å². The minimum Gasteiger partial charge on any atom is -0.381 e. The monoisotopic (exact) mass is 242 g/mol. The van der Waals surface area contributed by atoms with Crippen molar-refractivity contribution in [2.75, 3.05) is 33.4 Å². The van der Waals surface area contributed by atoms with E-state index in [0.29, 0.717) is 12.5 Å². The van der Waals surface area contributed by atoms with Gasteiger partial charge in [0.15, 0.2) is 0 Å². The molecule has 0 aliphatic carbocycles. The smallest absolute Gasteiger partial charge is 0.229 e. The largest absolute Gasteiger partial charge is 0.381 e. The van der Waals surface area contributed by atoms with Crippen LogP contribution in [-0.4, -0.2) is 44.2 Å². The minimum atomic E-state index is -0.403. The van der Waals surface area contributed by atoms with E-state index in [-0.39, 0.29) is 5.91 Å². The highest BCUT2D eigenvalue weighted by atomic mass is 16.5. The summed E-state index contributed by atoms with van der Waals surface area (Å²) in [6.07, 6.45) is 2.91. The van der Waals surface area contributed by atoms with Crippen molar-refractivity contribution in [1.29, 1.82) is 0 Å². The summed E-state index contributed by atoms with van der Waals surface area (Å²) < 4.78 is 5.33. The van der Waals surface area contributed by atoms with Crippen molar-refractivity contribution in [2.45, 2.75) is 33.1 Å². The van der Waals surface area contributed by atoms with E-state index in [1.165, 1.54) is 0 Å². The molecule has 4 nitrogen and oxygen atoms in total. The third kappa shape index (κ3) is 3.68. The molecule has 1 rings (SSSR count). The van der Waals surface area contributed by atoms with E-state index in [0.717, 1.165) is 39.0 Å².